The molecule has 1 atom stereocenters. The maximum atomic E-state index is 12.1. The minimum Gasteiger partial charge on any atom is -0.385 e. The van der Waals surface area contributed by atoms with Gasteiger partial charge in [0.1, 0.15) is 6.10 Å². The van der Waals surface area contributed by atoms with Crippen molar-refractivity contribution in [2.75, 3.05) is 11.9 Å². The minimum absolute atomic E-state index is 0.225. The maximum absolute atomic E-state index is 12.1. The highest BCUT2D eigenvalue weighted by molar-refractivity contribution is 5.78. The molecule has 4 nitrogen and oxygen atoms in total. The smallest absolute Gasteiger partial charge is 0.265 e. The molecule has 0 saturated heterocycles. The van der Waals surface area contributed by atoms with E-state index in [1.807, 2.05) is 18.2 Å². The van der Waals surface area contributed by atoms with Crippen LogP contribution in [0, 0.1) is 0 Å². The highest BCUT2D eigenvalue weighted by atomic mass is 19.3. The number of rotatable bonds is 4. The van der Waals surface area contributed by atoms with Crippen LogP contribution >= 0.6 is 0 Å². The van der Waals surface area contributed by atoms with Gasteiger partial charge in [0.05, 0.1) is 5.52 Å². The van der Waals surface area contributed by atoms with Gasteiger partial charge in [0, 0.05) is 18.1 Å². The second-order valence-corrected chi connectivity index (χ2v) is 3.54. The van der Waals surface area contributed by atoms with E-state index in [0.29, 0.717) is 0 Å². The van der Waals surface area contributed by atoms with Crippen LogP contribution in [0.1, 0.15) is 0 Å². The van der Waals surface area contributed by atoms with E-state index in [-0.39, 0.29) is 12.5 Å². The highest BCUT2D eigenvalue weighted by Crippen LogP contribution is 2.11. The van der Waals surface area contributed by atoms with E-state index in [2.05, 4.69) is 15.3 Å². The molecule has 0 spiro atoms. The van der Waals surface area contributed by atoms with Crippen molar-refractivity contribution in [2.45, 2.75) is 12.5 Å². The van der Waals surface area contributed by atoms with Gasteiger partial charge in [-0.2, -0.15) is 0 Å². The van der Waals surface area contributed by atoms with Crippen LogP contribution in [0.2, 0.25) is 0 Å². The number of aromatic nitrogens is 2. The van der Waals surface area contributed by atoms with Crippen molar-refractivity contribution in [3.8, 4) is 0 Å². The van der Waals surface area contributed by atoms with Crippen LogP contribution in [-0.2, 0) is 0 Å². The van der Waals surface area contributed by atoms with Gasteiger partial charge in [0.2, 0.25) is 5.95 Å². The molecule has 2 rings (SSSR count). The van der Waals surface area contributed by atoms with E-state index < -0.39 is 12.5 Å². The quantitative estimate of drug-likeness (QED) is 0.852. The Kier molecular flexibility index (Phi) is 3.43. The van der Waals surface area contributed by atoms with E-state index in [9.17, 15) is 8.78 Å². The Labute approximate surface area is 96.3 Å². The van der Waals surface area contributed by atoms with Crippen molar-refractivity contribution < 1.29 is 13.9 Å². The van der Waals surface area contributed by atoms with E-state index in [1.165, 1.54) is 0 Å². The van der Waals surface area contributed by atoms with Crippen molar-refractivity contribution in [3.05, 3.63) is 30.5 Å². The SMILES string of the molecule is OC(CNc1ncc2ccccc2n1)C(F)F. The lowest BCUT2D eigenvalue weighted by atomic mass is 10.2. The molecule has 0 saturated carbocycles. The number of nitrogens with one attached hydrogen (secondary N) is 1. The van der Waals surface area contributed by atoms with Crippen molar-refractivity contribution in [1.29, 1.82) is 0 Å². The predicted molar refractivity (Wildman–Crippen MR) is 60.0 cm³/mol. The molecule has 0 radical (unpaired) electrons. The fourth-order valence-corrected chi connectivity index (χ4v) is 1.34. The first-order chi connectivity index (χ1) is 8.16. The largest absolute Gasteiger partial charge is 0.385 e. The lowest BCUT2D eigenvalue weighted by Crippen LogP contribution is -2.27. The first kappa shape index (κ1) is 11.7. The van der Waals surface area contributed by atoms with E-state index in [1.54, 1.807) is 12.3 Å². The van der Waals surface area contributed by atoms with Gasteiger partial charge in [0.15, 0.2) is 0 Å². The average molecular weight is 239 g/mol. The second-order valence-electron chi connectivity index (χ2n) is 3.54. The fraction of sp³-hybridized carbons (Fsp3) is 0.273. The molecule has 0 aliphatic heterocycles. The Hall–Kier alpha value is -1.82. The van der Waals surface area contributed by atoms with Gasteiger partial charge in [-0.1, -0.05) is 18.2 Å². The molecule has 1 heterocycles. The van der Waals surface area contributed by atoms with Crippen LogP contribution in [-0.4, -0.2) is 34.1 Å². The Morgan fingerprint density at radius 2 is 2.06 bits per heavy atom. The number of alkyl halides is 2. The lowest BCUT2D eigenvalue weighted by Gasteiger charge is -2.10. The summed E-state index contributed by atoms with van der Waals surface area (Å²) in [4.78, 5) is 8.09. The zero-order valence-corrected chi connectivity index (χ0v) is 8.85. The number of nitrogens with zero attached hydrogens (tertiary/aromatic N) is 2. The standard InChI is InChI=1S/C11H11F2N3O/c12-10(13)9(17)6-15-11-14-5-7-3-1-2-4-8(7)16-11/h1-5,9-10,17H,6H2,(H,14,15,16). The summed E-state index contributed by atoms with van der Waals surface area (Å²) in [6, 6.07) is 7.34. The number of hydrogen-bond donors (Lipinski definition) is 2. The number of aliphatic hydroxyl groups is 1. The molecule has 0 bridgehead atoms. The molecule has 6 heteroatoms. The first-order valence-corrected chi connectivity index (χ1v) is 5.08. The first-order valence-electron chi connectivity index (χ1n) is 5.08. The van der Waals surface area contributed by atoms with Gasteiger partial charge in [-0.3, -0.25) is 0 Å². The van der Waals surface area contributed by atoms with Crippen LogP contribution in [0.25, 0.3) is 10.9 Å². The third-order valence-corrected chi connectivity index (χ3v) is 2.25. The second kappa shape index (κ2) is 5.01. The Bertz CT molecular complexity index is 507. The van der Waals surface area contributed by atoms with E-state index in [0.717, 1.165) is 10.9 Å². The number of aliphatic hydroxyl groups excluding tert-OH is 1. The molecular weight excluding hydrogens is 228 g/mol. The summed E-state index contributed by atoms with van der Waals surface area (Å²) < 4.78 is 24.1. The van der Waals surface area contributed by atoms with Gasteiger partial charge in [0.25, 0.3) is 6.43 Å². The van der Waals surface area contributed by atoms with Gasteiger partial charge in [-0.25, -0.2) is 18.7 Å². The highest BCUT2D eigenvalue weighted by Gasteiger charge is 2.16. The molecule has 1 unspecified atom stereocenters. The Morgan fingerprint density at radius 1 is 1.29 bits per heavy atom. The van der Waals surface area contributed by atoms with Crippen molar-refractivity contribution in [2.24, 2.45) is 0 Å². The molecule has 0 fully saturated rings. The lowest BCUT2D eigenvalue weighted by molar-refractivity contribution is 0.00377. The van der Waals surface area contributed by atoms with Crippen LogP contribution < -0.4 is 5.32 Å². The molecule has 2 N–H and O–H groups in total. The van der Waals surface area contributed by atoms with Crippen LogP contribution in [0.5, 0.6) is 0 Å². The van der Waals surface area contributed by atoms with Crippen LogP contribution in [0.15, 0.2) is 30.5 Å². The fourth-order valence-electron chi connectivity index (χ4n) is 1.34. The Morgan fingerprint density at radius 3 is 2.82 bits per heavy atom. The zero-order valence-electron chi connectivity index (χ0n) is 8.85. The predicted octanol–water partition coefficient (Wildman–Crippen LogP) is 1.67. The number of fused-ring (bicyclic) bond motifs is 1. The minimum atomic E-state index is -2.78. The van der Waals surface area contributed by atoms with Crippen molar-refractivity contribution in [3.63, 3.8) is 0 Å². The maximum Gasteiger partial charge on any atom is 0.265 e. The van der Waals surface area contributed by atoms with Crippen molar-refractivity contribution >= 4 is 16.9 Å². The zero-order chi connectivity index (χ0) is 12.3. The number of benzene rings is 1. The molecule has 1 aromatic heterocycles. The molecule has 2 aromatic rings. The summed E-state index contributed by atoms with van der Waals surface area (Å²) >= 11 is 0. The molecule has 0 aliphatic carbocycles. The number of para-hydroxylation sites is 1. The van der Waals surface area contributed by atoms with E-state index >= 15 is 0 Å². The summed E-state index contributed by atoms with van der Waals surface area (Å²) in [5.74, 6) is 0.225. The molecule has 0 amide bonds. The number of anilines is 1. The third-order valence-electron chi connectivity index (χ3n) is 2.25. The summed E-state index contributed by atoms with van der Waals surface area (Å²) in [6.07, 6.45) is -2.90. The van der Waals surface area contributed by atoms with Gasteiger partial charge < -0.3 is 10.4 Å². The molecule has 0 aliphatic rings. The molecular formula is C11H11F2N3O. The topological polar surface area (TPSA) is 58.0 Å². The van der Waals surface area contributed by atoms with Gasteiger partial charge >= 0.3 is 0 Å². The Balaban J connectivity index is 2.09. The molecule has 1 aromatic carbocycles. The normalized spacial score (nSPS) is 12.9. The van der Waals surface area contributed by atoms with Crippen LogP contribution in [0.3, 0.4) is 0 Å². The third kappa shape index (κ3) is 2.85. The molecule has 90 valence electrons. The summed E-state index contributed by atoms with van der Waals surface area (Å²) in [6.45, 7) is -0.282. The molecule has 17 heavy (non-hydrogen) atoms. The summed E-state index contributed by atoms with van der Waals surface area (Å²) in [5, 5.41) is 12.4. The van der Waals surface area contributed by atoms with E-state index in [4.69, 9.17) is 5.11 Å². The monoisotopic (exact) mass is 239 g/mol. The van der Waals surface area contributed by atoms with Crippen molar-refractivity contribution in [1.82, 2.24) is 9.97 Å². The summed E-state index contributed by atoms with van der Waals surface area (Å²) in [7, 11) is 0. The van der Waals surface area contributed by atoms with Gasteiger partial charge in [-0.15, -0.1) is 0 Å². The number of hydrogen-bond acceptors (Lipinski definition) is 4. The summed E-state index contributed by atoms with van der Waals surface area (Å²) in [5.41, 5.74) is 0.719. The average Bonchev–Trinajstić information content (AvgIpc) is 2.35. The van der Waals surface area contributed by atoms with Gasteiger partial charge in [-0.05, 0) is 6.07 Å². The van der Waals surface area contributed by atoms with Crippen LogP contribution in [0.4, 0.5) is 14.7 Å². The number of halogens is 2.